The van der Waals surface area contributed by atoms with Crippen molar-refractivity contribution >= 4 is 10.9 Å². The van der Waals surface area contributed by atoms with Crippen molar-refractivity contribution in [2.45, 2.75) is 51.0 Å². The first kappa shape index (κ1) is 19.4. The molecule has 0 saturated carbocycles. The molecular formula is C24H27FN4O. The molecule has 0 amide bonds. The second kappa shape index (κ2) is 7.58. The second-order valence-corrected chi connectivity index (χ2v) is 8.83. The molecule has 2 aliphatic rings. The first-order valence-electron chi connectivity index (χ1n) is 10.9. The number of nitrogens with zero attached hydrogens (tertiary/aromatic N) is 4. The fourth-order valence-corrected chi connectivity index (χ4v) is 5.08. The van der Waals surface area contributed by atoms with Crippen molar-refractivity contribution in [1.29, 1.82) is 0 Å². The SMILES string of the molecule is CC(C)c1ccccc1-c1ncc2cnc(OCC34CCCN3CCC4)nc2c1F. The average molecular weight is 407 g/mol. The first-order valence-corrected chi connectivity index (χ1v) is 10.9. The molecule has 2 aromatic heterocycles. The van der Waals surface area contributed by atoms with Gasteiger partial charge in [0.2, 0.25) is 0 Å². The summed E-state index contributed by atoms with van der Waals surface area (Å²) in [6.45, 7) is 7.04. The highest BCUT2D eigenvalue weighted by atomic mass is 19.1. The molecule has 2 aliphatic heterocycles. The van der Waals surface area contributed by atoms with Crippen molar-refractivity contribution < 1.29 is 9.13 Å². The summed E-state index contributed by atoms with van der Waals surface area (Å²) in [5.74, 6) is -0.156. The zero-order chi connectivity index (χ0) is 20.7. The van der Waals surface area contributed by atoms with Gasteiger partial charge in [0, 0.05) is 23.3 Å². The summed E-state index contributed by atoms with van der Waals surface area (Å²) in [7, 11) is 0. The van der Waals surface area contributed by atoms with Gasteiger partial charge in [0.1, 0.15) is 17.8 Å². The number of pyridine rings is 1. The minimum Gasteiger partial charge on any atom is -0.461 e. The molecule has 5 nitrogen and oxygen atoms in total. The van der Waals surface area contributed by atoms with E-state index in [-0.39, 0.29) is 23.0 Å². The van der Waals surface area contributed by atoms with Gasteiger partial charge >= 0.3 is 6.01 Å². The predicted octanol–water partition coefficient (Wildman–Crippen LogP) is 4.96. The molecule has 30 heavy (non-hydrogen) atoms. The molecule has 0 bridgehead atoms. The van der Waals surface area contributed by atoms with Crippen LogP contribution in [0.5, 0.6) is 6.01 Å². The van der Waals surface area contributed by atoms with Crippen molar-refractivity contribution in [3.63, 3.8) is 0 Å². The number of aromatic nitrogens is 3. The molecule has 0 radical (unpaired) electrons. The maximum atomic E-state index is 15.5. The van der Waals surface area contributed by atoms with Crippen LogP contribution in [-0.2, 0) is 0 Å². The van der Waals surface area contributed by atoms with Crippen LogP contribution in [0.2, 0.25) is 0 Å². The fourth-order valence-electron chi connectivity index (χ4n) is 5.08. The molecular weight excluding hydrogens is 379 g/mol. The third-order valence-corrected chi connectivity index (χ3v) is 6.66. The van der Waals surface area contributed by atoms with Crippen molar-refractivity contribution in [2.24, 2.45) is 0 Å². The van der Waals surface area contributed by atoms with Crippen LogP contribution in [0.25, 0.3) is 22.2 Å². The summed E-state index contributed by atoms with van der Waals surface area (Å²) >= 11 is 0. The number of hydrogen-bond acceptors (Lipinski definition) is 5. The largest absolute Gasteiger partial charge is 0.461 e. The van der Waals surface area contributed by atoms with E-state index in [4.69, 9.17) is 4.74 Å². The Bertz CT molecular complexity index is 1070. The Balaban J connectivity index is 1.48. The van der Waals surface area contributed by atoms with E-state index < -0.39 is 5.82 Å². The fraction of sp³-hybridized carbons (Fsp3) is 0.458. The van der Waals surface area contributed by atoms with E-state index in [1.165, 1.54) is 12.8 Å². The molecule has 3 aromatic rings. The van der Waals surface area contributed by atoms with Crippen LogP contribution in [0, 0.1) is 5.82 Å². The van der Waals surface area contributed by atoms with Crippen LogP contribution < -0.4 is 4.74 Å². The Morgan fingerprint density at radius 2 is 1.83 bits per heavy atom. The van der Waals surface area contributed by atoms with Gasteiger partial charge in [-0.05, 0) is 50.3 Å². The highest BCUT2D eigenvalue weighted by molar-refractivity contribution is 5.83. The second-order valence-electron chi connectivity index (χ2n) is 8.83. The third-order valence-electron chi connectivity index (χ3n) is 6.66. The van der Waals surface area contributed by atoms with Crippen LogP contribution in [0.4, 0.5) is 4.39 Å². The van der Waals surface area contributed by atoms with Crippen LogP contribution >= 0.6 is 0 Å². The molecule has 156 valence electrons. The quantitative estimate of drug-likeness (QED) is 0.599. The first-order chi connectivity index (χ1) is 14.6. The summed E-state index contributed by atoms with van der Waals surface area (Å²) in [6, 6.07) is 8.06. The van der Waals surface area contributed by atoms with Gasteiger partial charge in [-0.2, -0.15) is 4.98 Å². The molecule has 0 spiro atoms. The Hall–Kier alpha value is -2.60. The third kappa shape index (κ3) is 3.23. The minimum atomic E-state index is -0.422. The normalized spacial score (nSPS) is 18.3. The lowest BCUT2D eigenvalue weighted by atomic mass is 9.94. The van der Waals surface area contributed by atoms with Gasteiger partial charge in [0.05, 0.1) is 5.54 Å². The number of rotatable bonds is 5. The number of halogens is 1. The molecule has 0 atom stereocenters. The molecule has 2 fully saturated rings. The van der Waals surface area contributed by atoms with Gasteiger partial charge in [-0.3, -0.25) is 9.88 Å². The number of hydrogen-bond donors (Lipinski definition) is 0. The molecule has 6 heteroatoms. The summed E-state index contributed by atoms with van der Waals surface area (Å²) in [5.41, 5.74) is 2.56. The predicted molar refractivity (Wildman–Crippen MR) is 115 cm³/mol. The maximum absolute atomic E-state index is 15.5. The Morgan fingerprint density at radius 1 is 1.10 bits per heavy atom. The standard InChI is InChI=1S/C24H27FN4O/c1-16(2)18-7-3-4-8-19(18)22-20(25)21-17(13-26-22)14-27-23(28-21)30-15-24-9-5-11-29(24)12-6-10-24/h3-4,7-8,13-14,16H,5-6,9-12,15H2,1-2H3. The van der Waals surface area contributed by atoms with Crippen molar-refractivity contribution in [3.05, 3.63) is 48.0 Å². The number of fused-ring (bicyclic) bond motifs is 2. The van der Waals surface area contributed by atoms with Gasteiger partial charge in [0.25, 0.3) is 0 Å². The summed E-state index contributed by atoms with van der Waals surface area (Å²) in [4.78, 5) is 15.7. The zero-order valence-electron chi connectivity index (χ0n) is 17.6. The molecule has 2 saturated heterocycles. The van der Waals surface area contributed by atoms with E-state index in [1.807, 2.05) is 24.3 Å². The summed E-state index contributed by atoms with van der Waals surface area (Å²) in [6.07, 6.45) is 7.96. The zero-order valence-corrected chi connectivity index (χ0v) is 17.6. The van der Waals surface area contributed by atoms with Gasteiger partial charge < -0.3 is 4.74 Å². The van der Waals surface area contributed by atoms with Gasteiger partial charge in [-0.25, -0.2) is 9.37 Å². The Kier molecular flexibility index (Phi) is 4.89. The lowest BCUT2D eigenvalue weighted by molar-refractivity contribution is 0.107. The average Bonchev–Trinajstić information content (AvgIpc) is 3.33. The van der Waals surface area contributed by atoms with Crippen molar-refractivity contribution in [2.75, 3.05) is 19.7 Å². The van der Waals surface area contributed by atoms with E-state index in [0.717, 1.165) is 37.1 Å². The lowest BCUT2D eigenvalue weighted by Gasteiger charge is -2.31. The monoisotopic (exact) mass is 406 g/mol. The Labute approximate surface area is 176 Å². The molecule has 0 N–H and O–H groups in total. The van der Waals surface area contributed by atoms with Gasteiger partial charge in [-0.1, -0.05) is 38.1 Å². The van der Waals surface area contributed by atoms with E-state index in [1.54, 1.807) is 12.4 Å². The highest BCUT2D eigenvalue weighted by Gasteiger charge is 2.45. The summed E-state index contributed by atoms with van der Waals surface area (Å²) < 4.78 is 21.5. The van der Waals surface area contributed by atoms with Crippen molar-refractivity contribution in [1.82, 2.24) is 19.9 Å². The van der Waals surface area contributed by atoms with Crippen LogP contribution in [0.1, 0.15) is 51.0 Å². The maximum Gasteiger partial charge on any atom is 0.317 e. The number of ether oxygens (including phenoxy) is 1. The molecule has 0 unspecified atom stereocenters. The van der Waals surface area contributed by atoms with Gasteiger partial charge in [0.15, 0.2) is 5.82 Å². The van der Waals surface area contributed by atoms with E-state index in [2.05, 4.69) is 33.7 Å². The van der Waals surface area contributed by atoms with E-state index >= 15 is 4.39 Å². The summed E-state index contributed by atoms with van der Waals surface area (Å²) in [5, 5.41) is 0.576. The molecule has 4 heterocycles. The van der Waals surface area contributed by atoms with Gasteiger partial charge in [-0.15, -0.1) is 0 Å². The van der Waals surface area contributed by atoms with E-state index in [9.17, 15) is 0 Å². The molecule has 0 aliphatic carbocycles. The molecule has 5 rings (SSSR count). The highest BCUT2D eigenvalue weighted by Crippen LogP contribution is 2.39. The van der Waals surface area contributed by atoms with Crippen LogP contribution in [0.3, 0.4) is 0 Å². The van der Waals surface area contributed by atoms with Crippen LogP contribution in [0.15, 0.2) is 36.7 Å². The lowest BCUT2D eigenvalue weighted by Crippen LogP contribution is -2.43. The topological polar surface area (TPSA) is 51.1 Å². The number of benzene rings is 1. The minimum absolute atomic E-state index is 0.108. The van der Waals surface area contributed by atoms with E-state index in [0.29, 0.717) is 17.7 Å². The smallest absolute Gasteiger partial charge is 0.317 e. The van der Waals surface area contributed by atoms with Crippen LogP contribution in [-0.4, -0.2) is 45.1 Å². The molecule has 1 aromatic carbocycles. The van der Waals surface area contributed by atoms with Crippen molar-refractivity contribution in [3.8, 4) is 17.3 Å². The Morgan fingerprint density at radius 3 is 2.60 bits per heavy atom.